The number of hydrogen-bond donors (Lipinski definition) is 1. The van der Waals surface area contributed by atoms with E-state index in [-0.39, 0.29) is 5.91 Å². The second kappa shape index (κ2) is 6.00. The fraction of sp³-hybridized carbons (Fsp3) is 0. The predicted octanol–water partition coefficient (Wildman–Crippen LogP) is 2.52. The van der Waals surface area contributed by atoms with E-state index < -0.39 is 0 Å². The Morgan fingerprint density at radius 2 is 1.81 bits per heavy atom. The van der Waals surface area contributed by atoms with Crippen molar-refractivity contribution in [1.29, 1.82) is 0 Å². The summed E-state index contributed by atoms with van der Waals surface area (Å²) in [5.41, 5.74) is 1.10. The molecule has 0 atom stereocenters. The summed E-state index contributed by atoms with van der Waals surface area (Å²) in [7, 11) is 0. The highest BCUT2D eigenvalue weighted by molar-refractivity contribution is 14.1. The van der Waals surface area contributed by atoms with Crippen molar-refractivity contribution in [2.75, 3.05) is 5.32 Å². The standard InChI is InChI=1S/C14H10IN5O/c15-10-4-1-2-5-11(10)19-14(21)12-6-3-7-13(18-12)20-8-16-17-9-20/h1-9H,(H,19,21). The lowest BCUT2D eigenvalue weighted by Crippen LogP contribution is -2.15. The molecule has 1 amide bonds. The smallest absolute Gasteiger partial charge is 0.274 e. The van der Waals surface area contributed by atoms with E-state index in [1.807, 2.05) is 24.3 Å². The lowest BCUT2D eigenvalue weighted by Gasteiger charge is -2.07. The van der Waals surface area contributed by atoms with Crippen molar-refractivity contribution in [2.24, 2.45) is 0 Å². The Morgan fingerprint density at radius 3 is 2.57 bits per heavy atom. The molecular formula is C14H10IN5O. The van der Waals surface area contributed by atoms with Crippen LogP contribution in [0.4, 0.5) is 5.69 Å². The minimum atomic E-state index is -0.256. The third kappa shape index (κ3) is 3.07. The maximum atomic E-state index is 12.3. The minimum Gasteiger partial charge on any atom is -0.320 e. The summed E-state index contributed by atoms with van der Waals surface area (Å²) in [6.45, 7) is 0. The van der Waals surface area contributed by atoms with Crippen molar-refractivity contribution in [2.45, 2.75) is 0 Å². The van der Waals surface area contributed by atoms with Gasteiger partial charge < -0.3 is 5.32 Å². The number of nitrogens with one attached hydrogen (secondary N) is 1. The van der Waals surface area contributed by atoms with Crippen LogP contribution in [0.1, 0.15) is 10.5 Å². The molecular weight excluding hydrogens is 381 g/mol. The highest BCUT2D eigenvalue weighted by Crippen LogP contribution is 2.17. The summed E-state index contributed by atoms with van der Waals surface area (Å²) in [6.07, 6.45) is 3.06. The Hall–Kier alpha value is -2.29. The molecule has 0 saturated heterocycles. The van der Waals surface area contributed by atoms with Crippen LogP contribution in [-0.2, 0) is 0 Å². The zero-order valence-electron chi connectivity index (χ0n) is 10.8. The number of nitrogens with zero attached hydrogens (tertiary/aromatic N) is 4. The second-order valence-corrected chi connectivity index (χ2v) is 5.35. The van der Waals surface area contributed by atoms with Crippen LogP contribution in [0.25, 0.3) is 5.82 Å². The number of amides is 1. The van der Waals surface area contributed by atoms with Gasteiger partial charge in [0.1, 0.15) is 24.2 Å². The number of aromatic nitrogens is 4. The zero-order chi connectivity index (χ0) is 14.7. The number of benzene rings is 1. The number of para-hydroxylation sites is 1. The van der Waals surface area contributed by atoms with Crippen LogP contribution < -0.4 is 5.32 Å². The third-order valence-corrected chi connectivity index (χ3v) is 3.71. The largest absolute Gasteiger partial charge is 0.320 e. The quantitative estimate of drug-likeness (QED) is 0.697. The van der Waals surface area contributed by atoms with Crippen LogP contribution >= 0.6 is 22.6 Å². The maximum Gasteiger partial charge on any atom is 0.274 e. The number of rotatable bonds is 3. The van der Waals surface area contributed by atoms with Crippen molar-refractivity contribution in [3.63, 3.8) is 0 Å². The molecule has 0 aliphatic carbocycles. The summed E-state index contributed by atoms with van der Waals surface area (Å²) < 4.78 is 2.61. The van der Waals surface area contributed by atoms with Gasteiger partial charge in [-0.3, -0.25) is 9.36 Å². The predicted molar refractivity (Wildman–Crippen MR) is 86.3 cm³/mol. The van der Waals surface area contributed by atoms with Gasteiger partial charge in [-0.15, -0.1) is 10.2 Å². The molecule has 7 heteroatoms. The van der Waals surface area contributed by atoms with Crippen molar-refractivity contribution in [1.82, 2.24) is 19.7 Å². The lowest BCUT2D eigenvalue weighted by molar-refractivity contribution is 0.102. The summed E-state index contributed by atoms with van der Waals surface area (Å²) in [4.78, 5) is 16.6. The van der Waals surface area contributed by atoms with Gasteiger partial charge in [-0.25, -0.2) is 4.98 Å². The topological polar surface area (TPSA) is 72.7 Å². The molecule has 0 aliphatic rings. The molecule has 6 nitrogen and oxygen atoms in total. The number of anilines is 1. The monoisotopic (exact) mass is 391 g/mol. The van der Waals surface area contributed by atoms with Crippen molar-refractivity contribution in [3.05, 3.63) is 64.4 Å². The maximum absolute atomic E-state index is 12.3. The van der Waals surface area contributed by atoms with Crippen LogP contribution in [0.2, 0.25) is 0 Å². The fourth-order valence-electron chi connectivity index (χ4n) is 1.76. The first kappa shape index (κ1) is 13.7. The summed E-state index contributed by atoms with van der Waals surface area (Å²) >= 11 is 2.17. The van der Waals surface area contributed by atoms with Gasteiger partial charge >= 0.3 is 0 Å². The average Bonchev–Trinajstić information content (AvgIpc) is 3.04. The van der Waals surface area contributed by atoms with E-state index in [1.165, 1.54) is 12.7 Å². The Balaban J connectivity index is 1.85. The first-order valence-electron chi connectivity index (χ1n) is 6.12. The van der Waals surface area contributed by atoms with E-state index in [4.69, 9.17) is 0 Å². The van der Waals surface area contributed by atoms with Crippen molar-refractivity contribution in [3.8, 4) is 5.82 Å². The molecule has 0 unspecified atom stereocenters. The normalized spacial score (nSPS) is 10.3. The summed E-state index contributed by atoms with van der Waals surface area (Å²) in [5, 5.41) is 10.3. The van der Waals surface area contributed by atoms with Gasteiger partial charge in [0.25, 0.3) is 5.91 Å². The Labute approximate surface area is 134 Å². The van der Waals surface area contributed by atoms with E-state index in [0.29, 0.717) is 11.5 Å². The molecule has 2 aromatic heterocycles. The molecule has 2 heterocycles. The second-order valence-electron chi connectivity index (χ2n) is 4.18. The molecule has 0 bridgehead atoms. The van der Waals surface area contributed by atoms with Gasteiger partial charge in [0.15, 0.2) is 0 Å². The first-order chi connectivity index (χ1) is 10.2. The van der Waals surface area contributed by atoms with Gasteiger partial charge in [-0.2, -0.15) is 0 Å². The molecule has 104 valence electrons. The number of carbonyl (C=O) groups is 1. The molecule has 0 fully saturated rings. The Bertz CT molecular complexity index is 773. The molecule has 0 radical (unpaired) electrons. The zero-order valence-corrected chi connectivity index (χ0v) is 12.9. The Morgan fingerprint density at radius 1 is 1.05 bits per heavy atom. The van der Waals surface area contributed by atoms with Crippen LogP contribution in [0.15, 0.2) is 55.1 Å². The van der Waals surface area contributed by atoms with E-state index in [1.54, 1.807) is 22.8 Å². The van der Waals surface area contributed by atoms with Crippen LogP contribution in [0, 0.1) is 3.57 Å². The van der Waals surface area contributed by atoms with Crippen LogP contribution in [0.5, 0.6) is 0 Å². The molecule has 3 aromatic rings. The number of carbonyl (C=O) groups excluding carboxylic acids is 1. The SMILES string of the molecule is O=C(Nc1ccccc1I)c1cccc(-n2cnnc2)n1. The van der Waals surface area contributed by atoms with E-state index in [2.05, 4.69) is 43.1 Å². The fourth-order valence-corrected chi connectivity index (χ4v) is 2.28. The van der Waals surface area contributed by atoms with E-state index in [0.717, 1.165) is 9.26 Å². The van der Waals surface area contributed by atoms with E-state index >= 15 is 0 Å². The average molecular weight is 391 g/mol. The highest BCUT2D eigenvalue weighted by Gasteiger charge is 2.10. The first-order valence-corrected chi connectivity index (χ1v) is 7.20. The number of hydrogen-bond acceptors (Lipinski definition) is 4. The van der Waals surface area contributed by atoms with Crippen LogP contribution in [0.3, 0.4) is 0 Å². The van der Waals surface area contributed by atoms with Crippen molar-refractivity contribution < 1.29 is 4.79 Å². The molecule has 1 N–H and O–H groups in total. The number of pyridine rings is 1. The molecule has 21 heavy (non-hydrogen) atoms. The molecule has 3 rings (SSSR count). The molecule has 0 spiro atoms. The molecule has 0 aliphatic heterocycles. The van der Waals surface area contributed by atoms with E-state index in [9.17, 15) is 4.79 Å². The highest BCUT2D eigenvalue weighted by atomic mass is 127. The van der Waals surface area contributed by atoms with Gasteiger partial charge in [-0.1, -0.05) is 18.2 Å². The summed E-state index contributed by atoms with van der Waals surface area (Å²) in [6, 6.07) is 12.8. The minimum absolute atomic E-state index is 0.256. The number of halogens is 1. The van der Waals surface area contributed by atoms with Gasteiger partial charge in [-0.05, 0) is 46.9 Å². The van der Waals surface area contributed by atoms with Gasteiger partial charge in [0.05, 0.1) is 5.69 Å². The van der Waals surface area contributed by atoms with Crippen LogP contribution in [-0.4, -0.2) is 25.7 Å². The van der Waals surface area contributed by atoms with Gasteiger partial charge in [0, 0.05) is 3.57 Å². The summed E-state index contributed by atoms with van der Waals surface area (Å²) in [5.74, 6) is 0.337. The molecule has 1 aromatic carbocycles. The third-order valence-electron chi connectivity index (χ3n) is 2.77. The van der Waals surface area contributed by atoms with Crippen molar-refractivity contribution >= 4 is 34.2 Å². The lowest BCUT2D eigenvalue weighted by atomic mass is 10.3. The van der Waals surface area contributed by atoms with Gasteiger partial charge in [0.2, 0.25) is 0 Å². The Kier molecular flexibility index (Phi) is 3.91. The molecule has 0 saturated carbocycles.